The normalized spacial score (nSPS) is 10.6. The Balaban J connectivity index is 1.92. The molecule has 1 aromatic carbocycles. The fraction of sp³-hybridized carbons (Fsp3) is 0.429. The van der Waals surface area contributed by atoms with Gasteiger partial charge in [0.2, 0.25) is 5.69 Å². The van der Waals surface area contributed by atoms with E-state index in [0.717, 1.165) is 17.8 Å². The number of hydrogen-bond acceptors (Lipinski definition) is 1. The van der Waals surface area contributed by atoms with Gasteiger partial charge in [-0.05, 0) is 12.8 Å². The van der Waals surface area contributed by atoms with Crippen molar-refractivity contribution in [2.45, 2.75) is 39.2 Å². The summed E-state index contributed by atoms with van der Waals surface area (Å²) in [5, 5.41) is 7.37. The molecule has 0 saturated heterocycles. The molecule has 0 unspecified atom stereocenters. The van der Waals surface area contributed by atoms with Crippen molar-refractivity contribution in [1.29, 1.82) is 0 Å². The van der Waals surface area contributed by atoms with Crippen molar-refractivity contribution in [3.05, 3.63) is 36.5 Å². The van der Waals surface area contributed by atoms with E-state index < -0.39 is 0 Å². The third-order valence-electron chi connectivity index (χ3n) is 2.90. The van der Waals surface area contributed by atoms with Gasteiger partial charge in [0.05, 0.1) is 0 Å². The standard InChI is InChI=1S/C14H19N3/c1-2-3-4-8-11-17-12-14(15-16-17)13-9-6-5-7-10-13/h5-7,9-10,12H,2-4,8,11H2,1H3/p+1. The average Bonchev–Trinajstić information content (AvgIpc) is 2.85. The van der Waals surface area contributed by atoms with Crippen LogP contribution < -0.4 is 4.68 Å². The van der Waals surface area contributed by atoms with Crippen LogP contribution in [-0.4, -0.2) is 10.3 Å². The second-order valence-corrected chi connectivity index (χ2v) is 4.35. The van der Waals surface area contributed by atoms with Crippen LogP contribution >= 0.6 is 0 Å². The molecule has 0 amide bonds. The van der Waals surface area contributed by atoms with Crippen LogP contribution in [0.2, 0.25) is 0 Å². The van der Waals surface area contributed by atoms with Gasteiger partial charge in [0.1, 0.15) is 6.54 Å². The molecule has 3 heteroatoms. The largest absolute Gasteiger partial charge is 0.248 e. The van der Waals surface area contributed by atoms with Gasteiger partial charge >= 0.3 is 0 Å². The van der Waals surface area contributed by atoms with Gasteiger partial charge in [-0.1, -0.05) is 55.3 Å². The van der Waals surface area contributed by atoms with Gasteiger partial charge < -0.3 is 0 Å². The van der Waals surface area contributed by atoms with E-state index in [1.807, 2.05) is 18.2 Å². The molecule has 0 bridgehead atoms. The van der Waals surface area contributed by atoms with Crippen molar-refractivity contribution in [1.82, 2.24) is 10.3 Å². The summed E-state index contributed by atoms with van der Waals surface area (Å²) in [5.74, 6) is 0. The van der Waals surface area contributed by atoms with E-state index >= 15 is 0 Å². The van der Waals surface area contributed by atoms with E-state index in [2.05, 4.69) is 40.2 Å². The van der Waals surface area contributed by atoms with Gasteiger partial charge in [-0.2, -0.15) is 4.68 Å². The Labute approximate surface area is 102 Å². The summed E-state index contributed by atoms with van der Waals surface area (Å²) in [6.45, 7) is 3.26. The maximum absolute atomic E-state index is 4.32. The van der Waals surface area contributed by atoms with E-state index in [1.165, 1.54) is 25.7 Å². The molecule has 0 aliphatic carbocycles. The molecule has 1 heterocycles. The molecule has 3 nitrogen and oxygen atoms in total. The van der Waals surface area contributed by atoms with Crippen molar-refractivity contribution < 1.29 is 4.68 Å². The molecular formula is C14H20N3+. The van der Waals surface area contributed by atoms with Crippen LogP contribution in [0.25, 0.3) is 11.3 Å². The van der Waals surface area contributed by atoms with E-state index in [0.29, 0.717) is 0 Å². The lowest BCUT2D eigenvalue weighted by Crippen LogP contribution is -2.34. The molecule has 0 saturated carbocycles. The van der Waals surface area contributed by atoms with Crippen molar-refractivity contribution in [3.8, 4) is 11.3 Å². The minimum Gasteiger partial charge on any atom is -0.162 e. The lowest BCUT2D eigenvalue weighted by Gasteiger charge is -1.94. The van der Waals surface area contributed by atoms with Crippen LogP contribution in [0.4, 0.5) is 0 Å². The second-order valence-electron chi connectivity index (χ2n) is 4.35. The number of benzene rings is 1. The summed E-state index contributed by atoms with van der Waals surface area (Å²) in [6.07, 6.45) is 7.20. The fourth-order valence-corrected chi connectivity index (χ4v) is 1.89. The molecule has 1 aromatic heterocycles. The van der Waals surface area contributed by atoms with Crippen molar-refractivity contribution in [3.63, 3.8) is 0 Å². The minimum absolute atomic E-state index is 1.01. The Kier molecular flexibility index (Phi) is 4.30. The monoisotopic (exact) mass is 230 g/mol. The Bertz CT molecular complexity index is 434. The number of H-pyrrole nitrogens is 1. The number of hydrogen-bond donors (Lipinski definition) is 1. The molecule has 17 heavy (non-hydrogen) atoms. The molecular weight excluding hydrogens is 210 g/mol. The Morgan fingerprint density at radius 1 is 1.12 bits per heavy atom. The SMILES string of the molecule is CCCCCC[n+]1cc(-c2ccccc2)n[nH]1. The topological polar surface area (TPSA) is 32.6 Å². The Morgan fingerprint density at radius 2 is 1.94 bits per heavy atom. The molecule has 0 radical (unpaired) electrons. The quantitative estimate of drug-likeness (QED) is 0.600. The first-order chi connectivity index (χ1) is 8.40. The van der Waals surface area contributed by atoms with Crippen molar-refractivity contribution in [2.75, 3.05) is 0 Å². The number of unbranched alkanes of at least 4 members (excludes halogenated alkanes) is 3. The molecule has 0 aliphatic rings. The molecule has 2 aromatic rings. The summed E-state index contributed by atoms with van der Waals surface area (Å²) in [5.41, 5.74) is 2.18. The number of nitrogens with one attached hydrogen (secondary N) is 1. The van der Waals surface area contributed by atoms with Crippen LogP contribution in [0.15, 0.2) is 36.5 Å². The van der Waals surface area contributed by atoms with Gasteiger partial charge in [0.25, 0.3) is 0 Å². The lowest BCUT2D eigenvalue weighted by atomic mass is 10.2. The number of nitrogens with zero attached hydrogens (tertiary/aromatic N) is 2. The first-order valence-corrected chi connectivity index (χ1v) is 6.40. The number of aryl methyl sites for hydroxylation is 1. The maximum atomic E-state index is 4.32. The summed E-state index contributed by atoms with van der Waals surface area (Å²) in [7, 11) is 0. The van der Waals surface area contributed by atoms with Gasteiger partial charge in [-0.3, -0.25) is 0 Å². The zero-order valence-corrected chi connectivity index (χ0v) is 10.4. The summed E-state index contributed by atoms with van der Waals surface area (Å²) in [4.78, 5) is 0. The molecule has 90 valence electrons. The smallest absolute Gasteiger partial charge is 0.162 e. The van der Waals surface area contributed by atoms with Crippen LogP contribution in [0.5, 0.6) is 0 Å². The zero-order chi connectivity index (χ0) is 11.9. The van der Waals surface area contributed by atoms with E-state index in [4.69, 9.17) is 0 Å². The lowest BCUT2D eigenvalue weighted by molar-refractivity contribution is -0.753. The first kappa shape index (κ1) is 11.8. The number of aromatic amines is 1. The molecule has 0 aliphatic heterocycles. The average molecular weight is 230 g/mol. The van der Waals surface area contributed by atoms with Crippen molar-refractivity contribution >= 4 is 0 Å². The summed E-state index contributed by atoms with van der Waals surface area (Å²) in [6, 6.07) is 10.3. The molecule has 1 N–H and O–H groups in total. The molecule has 0 spiro atoms. The van der Waals surface area contributed by atoms with Gasteiger partial charge in [0, 0.05) is 10.7 Å². The highest BCUT2D eigenvalue weighted by atomic mass is 15.4. The third-order valence-corrected chi connectivity index (χ3v) is 2.90. The van der Waals surface area contributed by atoms with Gasteiger partial charge in [0.15, 0.2) is 6.20 Å². The molecule has 2 rings (SSSR count). The number of aromatic nitrogens is 3. The van der Waals surface area contributed by atoms with E-state index in [-0.39, 0.29) is 0 Å². The van der Waals surface area contributed by atoms with Crippen LogP contribution in [0.3, 0.4) is 0 Å². The van der Waals surface area contributed by atoms with E-state index in [1.54, 1.807) is 0 Å². The van der Waals surface area contributed by atoms with Crippen LogP contribution in [-0.2, 0) is 6.54 Å². The summed E-state index contributed by atoms with van der Waals surface area (Å²) < 4.78 is 2.07. The Morgan fingerprint density at radius 3 is 2.71 bits per heavy atom. The number of rotatable bonds is 6. The van der Waals surface area contributed by atoms with Crippen LogP contribution in [0.1, 0.15) is 32.6 Å². The zero-order valence-electron chi connectivity index (χ0n) is 10.4. The van der Waals surface area contributed by atoms with Crippen molar-refractivity contribution in [2.24, 2.45) is 0 Å². The fourth-order valence-electron chi connectivity index (χ4n) is 1.89. The highest BCUT2D eigenvalue weighted by Crippen LogP contribution is 2.12. The second kappa shape index (κ2) is 6.18. The summed E-state index contributed by atoms with van der Waals surface area (Å²) >= 11 is 0. The molecule has 0 fully saturated rings. The predicted molar refractivity (Wildman–Crippen MR) is 68.4 cm³/mol. The predicted octanol–water partition coefficient (Wildman–Crippen LogP) is 2.94. The Hall–Kier alpha value is -1.64. The maximum Gasteiger partial charge on any atom is 0.248 e. The van der Waals surface area contributed by atoms with Gasteiger partial charge in [-0.25, -0.2) is 0 Å². The minimum atomic E-state index is 1.01. The van der Waals surface area contributed by atoms with Crippen LogP contribution in [0, 0.1) is 0 Å². The van der Waals surface area contributed by atoms with Gasteiger partial charge in [-0.15, -0.1) is 0 Å². The highest BCUT2D eigenvalue weighted by Gasteiger charge is 2.10. The third kappa shape index (κ3) is 3.41. The highest BCUT2D eigenvalue weighted by molar-refractivity contribution is 5.56. The molecule has 0 atom stereocenters. The first-order valence-electron chi connectivity index (χ1n) is 6.40. The van der Waals surface area contributed by atoms with E-state index in [9.17, 15) is 0 Å².